The van der Waals surface area contributed by atoms with Gasteiger partial charge in [-0.1, -0.05) is 60.7 Å². The van der Waals surface area contributed by atoms with Crippen LogP contribution in [0.1, 0.15) is 58.1 Å². The molecule has 5 aromatic rings. The molecule has 1 aliphatic carbocycles. The molecule has 11 heteroatoms. The van der Waals surface area contributed by atoms with Crippen molar-refractivity contribution in [3.05, 3.63) is 113 Å². The Morgan fingerprint density at radius 3 is 2.55 bits per heavy atom. The summed E-state index contributed by atoms with van der Waals surface area (Å²) in [5, 5.41) is 22.7. The average Bonchev–Trinajstić information content (AvgIpc) is 3.48. The van der Waals surface area contributed by atoms with Crippen LogP contribution in [-0.2, 0) is 30.0 Å². The van der Waals surface area contributed by atoms with Crippen molar-refractivity contribution in [1.82, 2.24) is 29.1 Å². The van der Waals surface area contributed by atoms with Gasteiger partial charge in [0.2, 0.25) is 10.0 Å². The molecule has 0 unspecified atom stereocenters. The first-order valence-electron chi connectivity index (χ1n) is 14.6. The summed E-state index contributed by atoms with van der Waals surface area (Å²) < 4.78 is 32.3. The average molecular weight is 609 g/mol. The third-order valence-electron chi connectivity index (χ3n) is 8.56. The predicted molar refractivity (Wildman–Crippen MR) is 164 cm³/mol. The highest BCUT2D eigenvalue weighted by atomic mass is 32.2. The monoisotopic (exact) mass is 608 g/mol. The Labute approximate surface area is 255 Å². The highest BCUT2D eigenvalue weighted by molar-refractivity contribution is 7.89. The normalized spacial score (nSPS) is 21.0. The predicted octanol–water partition coefficient (Wildman–Crippen LogP) is 5.02. The van der Waals surface area contributed by atoms with Gasteiger partial charge in [-0.15, -0.1) is 5.10 Å². The first-order valence-corrected chi connectivity index (χ1v) is 16.1. The standard InChI is InChI=1S/C33H32N6O4S/c1-21-13-25-8-3-4-12-31(25)44(42,43)38(18-21)19-22-7-5-9-23(14-22)24-10-6-11-26(15-24)39-32(29(17-34-39)33(40)41)28-16-27(28)30-20-37(2)36-35-30/h3-12,14-15,17,20-21,27-28H,13,16,18-19H2,1-2H3,(H,40,41)/t21-,27-,28-/m0/s1. The first kappa shape index (κ1) is 28.2. The maximum atomic E-state index is 13.7. The second-order valence-electron chi connectivity index (χ2n) is 11.9. The number of rotatable bonds is 7. The topological polar surface area (TPSA) is 123 Å². The summed E-state index contributed by atoms with van der Waals surface area (Å²) in [5.74, 6) is -0.773. The van der Waals surface area contributed by atoms with E-state index < -0.39 is 16.0 Å². The van der Waals surface area contributed by atoms with Gasteiger partial charge >= 0.3 is 5.97 Å². The highest BCUT2D eigenvalue weighted by Crippen LogP contribution is 2.55. The molecule has 0 bridgehead atoms. The number of benzene rings is 3. The second-order valence-corrected chi connectivity index (χ2v) is 13.8. The van der Waals surface area contributed by atoms with Crippen molar-refractivity contribution in [1.29, 1.82) is 0 Å². The van der Waals surface area contributed by atoms with E-state index in [1.54, 1.807) is 25.8 Å². The van der Waals surface area contributed by atoms with Crippen LogP contribution in [0.2, 0.25) is 0 Å². The number of carboxylic acid groups (broad SMARTS) is 1. The van der Waals surface area contributed by atoms with E-state index in [-0.39, 0.29) is 29.9 Å². The fraction of sp³-hybridized carbons (Fsp3) is 0.273. The van der Waals surface area contributed by atoms with Gasteiger partial charge in [0.1, 0.15) is 5.56 Å². The molecule has 0 saturated heterocycles. The molecule has 3 aromatic carbocycles. The van der Waals surface area contributed by atoms with Crippen LogP contribution in [0.4, 0.5) is 0 Å². The third kappa shape index (κ3) is 5.11. The lowest BCUT2D eigenvalue weighted by molar-refractivity contribution is 0.0695. The number of carbonyl (C=O) groups is 1. The van der Waals surface area contributed by atoms with Gasteiger partial charge in [0.05, 0.1) is 28.2 Å². The number of aromatic carboxylic acids is 1. The Kier molecular flexibility index (Phi) is 6.94. The second kappa shape index (κ2) is 10.8. The van der Waals surface area contributed by atoms with Crippen molar-refractivity contribution in [3.63, 3.8) is 0 Å². The number of hydrogen-bond donors (Lipinski definition) is 1. The van der Waals surface area contributed by atoms with Crippen LogP contribution in [-0.4, -0.2) is 55.1 Å². The van der Waals surface area contributed by atoms with Gasteiger partial charge in [0.25, 0.3) is 0 Å². The van der Waals surface area contributed by atoms with Gasteiger partial charge in [-0.2, -0.15) is 9.40 Å². The van der Waals surface area contributed by atoms with Crippen molar-refractivity contribution in [2.75, 3.05) is 6.54 Å². The molecule has 224 valence electrons. The lowest BCUT2D eigenvalue weighted by Gasteiger charge is -2.22. The minimum atomic E-state index is -3.64. The summed E-state index contributed by atoms with van der Waals surface area (Å²) >= 11 is 0. The Balaban J connectivity index is 1.19. The molecule has 44 heavy (non-hydrogen) atoms. The molecule has 1 saturated carbocycles. The largest absolute Gasteiger partial charge is 0.478 e. The molecule has 1 aliphatic heterocycles. The maximum Gasteiger partial charge on any atom is 0.339 e. The van der Waals surface area contributed by atoms with E-state index in [9.17, 15) is 18.3 Å². The lowest BCUT2D eigenvalue weighted by Crippen LogP contribution is -2.32. The zero-order valence-electron chi connectivity index (χ0n) is 24.4. The third-order valence-corrected chi connectivity index (χ3v) is 10.5. The molecule has 7 rings (SSSR count). The van der Waals surface area contributed by atoms with Crippen LogP contribution < -0.4 is 0 Å². The Morgan fingerprint density at radius 2 is 1.77 bits per heavy atom. The van der Waals surface area contributed by atoms with Gasteiger partial charge in [0, 0.05) is 38.2 Å². The summed E-state index contributed by atoms with van der Waals surface area (Å²) in [4.78, 5) is 12.5. The zero-order valence-corrected chi connectivity index (χ0v) is 25.2. The van der Waals surface area contributed by atoms with Gasteiger partial charge in [-0.05, 0) is 65.3 Å². The molecule has 1 fully saturated rings. The number of nitrogens with zero attached hydrogens (tertiary/aromatic N) is 6. The highest BCUT2D eigenvalue weighted by Gasteiger charge is 2.46. The maximum absolute atomic E-state index is 13.7. The van der Waals surface area contributed by atoms with Crippen molar-refractivity contribution >= 4 is 16.0 Å². The smallest absolute Gasteiger partial charge is 0.339 e. The first-order chi connectivity index (χ1) is 21.2. The fourth-order valence-electron chi connectivity index (χ4n) is 6.41. The molecule has 0 spiro atoms. The molecule has 1 N–H and O–H groups in total. The molecular weight excluding hydrogens is 576 g/mol. The van der Waals surface area contributed by atoms with Crippen LogP contribution in [0.25, 0.3) is 16.8 Å². The van der Waals surface area contributed by atoms with Crippen LogP contribution in [0.15, 0.2) is 90.1 Å². The summed E-state index contributed by atoms with van der Waals surface area (Å²) in [6.45, 7) is 2.80. The summed E-state index contributed by atoms with van der Waals surface area (Å²) in [6.07, 6.45) is 4.78. The summed E-state index contributed by atoms with van der Waals surface area (Å²) in [5.41, 5.74) is 6.04. The molecule has 10 nitrogen and oxygen atoms in total. The summed E-state index contributed by atoms with van der Waals surface area (Å²) in [7, 11) is -1.83. The number of carboxylic acids is 1. The molecule has 2 aromatic heterocycles. The Bertz CT molecular complexity index is 2000. The van der Waals surface area contributed by atoms with Crippen molar-refractivity contribution in [2.24, 2.45) is 13.0 Å². The quantitative estimate of drug-likeness (QED) is 0.275. The van der Waals surface area contributed by atoms with Crippen LogP contribution in [0.3, 0.4) is 0 Å². The minimum Gasteiger partial charge on any atom is -0.478 e. The minimum absolute atomic E-state index is 0.0321. The van der Waals surface area contributed by atoms with E-state index in [1.807, 2.05) is 73.9 Å². The zero-order chi connectivity index (χ0) is 30.6. The van der Waals surface area contributed by atoms with Crippen molar-refractivity contribution in [2.45, 2.75) is 43.0 Å². The number of fused-ring (bicyclic) bond motifs is 1. The Hall–Kier alpha value is -4.61. The molecule has 2 aliphatic rings. The van der Waals surface area contributed by atoms with E-state index in [0.29, 0.717) is 17.1 Å². The van der Waals surface area contributed by atoms with Crippen LogP contribution >= 0.6 is 0 Å². The van der Waals surface area contributed by atoms with Gasteiger partial charge in [-0.3, -0.25) is 4.68 Å². The summed E-state index contributed by atoms with van der Waals surface area (Å²) in [6, 6.07) is 23.0. The van der Waals surface area contributed by atoms with Gasteiger partial charge in [-0.25, -0.2) is 17.9 Å². The van der Waals surface area contributed by atoms with E-state index >= 15 is 0 Å². The molecule has 3 heterocycles. The van der Waals surface area contributed by atoms with Crippen molar-refractivity contribution < 1.29 is 18.3 Å². The number of hydrogen-bond acceptors (Lipinski definition) is 6. The molecular formula is C33H32N6O4S. The number of aryl methyl sites for hydroxylation is 1. The van der Waals surface area contributed by atoms with Gasteiger partial charge in [0.15, 0.2) is 0 Å². The van der Waals surface area contributed by atoms with Crippen molar-refractivity contribution in [3.8, 4) is 16.8 Å². The van der Waals surface area contributed by atoms with E-state index in [4.69, 9.17) is 0 Å². The molecule has 0 amide bonds. The van der Waals surface area contributed by atoms with Crippen LogP contribution in [0.5, 0.6) is 0 Å². The van der Waals surface area contributed by atoms with E-state index in [1.165, 1.54) is 6.20 Å². The fourth-order valence-corrected chi connectivity index (χ4v) is 8.19. The number of aromatic nitrogens is 5. The number of sulfonamides is 1. The van der Waals surface area contributed by atoms with Crippen LogP contribution in [0, 0.1) is 5.92 Å². The molecule has 0 radical (unpaired) electrons. The lowest BCUT2D eigenvalue weighted by atomic mass is 10.0. The van der Waals surface area contributed by atoms with Gasteiger partial charge < -0.3 is 5.11 Å². The van der Waals surface area contributed by atoms with E-state index in [0.717, 1.165) is 46.5 Å². The van der Waals surface area contributed by atoms with E-state index in [2.05, 4.69) is 22.3 Å². The SMILES string of the molecule is C[C@H]1Cc2ccccc2S(=O)(=O)N(Cc2cccc(-c3cccc(-n4ncc(C(=O)O)c4[C@H]4C[C@@H]4c4cn(C)nn4)c3)c2)C1. The molecule has 3 atom stereocenters. The Morgan fingerprint density at radius 1 is 1.00 bits per heavy atom.